The van der Waals surface area contributed by atoms with Crippen molar-refractivity contribution in [2.45, 2.75) is 32.6 Å². The first-order valence-electron chi connectivity index (χ1n) is 12.2. The number of aliphatic hydroxyl groups is 1. The summed E-state index contributed by atoms with van der Waals surface area (Å²) in [5.41, 5.74) is 4.94. The van der Waals surface area contributed by atoms with Gasteiger partial charge in [0.1, 0.15) is 11.5 Å². The van der Waals surface area contributed by atoms with Crippen molar-refractivity contribution in [2.75, 3.05) is 25.2 Å². The molecule has 1 atom stereocenters. The summed E-state index contributed by atoms with van der Waals surface area (Å²) < 4.78 is 11.2. The number of anilines is 1. The predicted molar refractivity (Wildman–Crippen MR) is 147 cm³/mol. The van der Waals surface area contributed by atoms with Crippen LogP contribution in [-0.2, 0) is 28.6 Å². The van der Waals surface area contributed by atoms with Gasteiger partial charge >= 0.3 is 0 Å². The van der Waals surface area contributed by atoms with Gasteiger partial charge in [-0.25, -0.2) is 0 Å². The maximum atomic E-state index is 10.5. The summed E-state index contributed by atoms with van der Waals surface area (Å²) in [5.74, 6) is 1.22. The monoisotopic (exact) mass is 542 g/mol. The minimum absolute atomic E-state index is 0. The van der Waals surface area contributed by atoms with Crippen molar-refractivity contribution in [3.63, 3.8) is 0 Å². The Bertz CT molecular complexity index is 1290. The van der Waals surface area contributed by atoms with E-state index in [-0.39, 0.29) is 28.1 Å². The molecule has 6 nitrogen and oxygen atoms in total. The van der Waals surface area contributed by atoms with Crippen LogP contribution in [0.3, 0.4) is 0 Å². The molecule has 1 N–H and O–H groups in total. The number of hydrogen-bond acceptors (Lipinski definition) is 5. The molecule has 1 unspecified atom stereocenters. The average molecular weight is 543 g/mol. The van der Waals surface area contributed by atoms with Crippen molar-refractivity contribution in [3.05, 3.63) is 101 Å². The molecular formula is C30H33CoN3O3. The molecule has 3 aromatic rings. The van der Waals surface area contributed by atoms with Crippen LogP contribution >= 0.6 is 0 Å². The molecule has 1 aliphatic heterocycles. The van der Waals surface area contributed by atoms with Crippen LogP contribution in [0.25, 0.3) is 0 Å². The number of hydrogen-bond donors (Lipinski definition) is 1. The third-order valence-electron chi connectivity index (χ3n) is 6.54. The Kier molecular flexibility index (Phi) is 9.55. The van der Waals surface area contributed by atoms with E-state index in [0.717, 1.165) is 30.1 Å². The summed E-state index contributed by atoms with van der Waals surface area (Å²) >= 11 is 0. The fourth-order valence-electron chi connectivity index (χ4n) is 4.87. The molecule has 1 aliphatic rings. The molecule has 3 aromatic carbocycles. The van der Waals surface area contributed by atoms with Gasteiger partial charge in [0.2, 0.25) is 5.90 Å². The molecule has 0 saturated heterocycles. The van der Waals surface area contributed by atoms with Gasteiger partial charge in [-0.3, -0.25) is 0 Å². The molecule has 195 valence electrons. The van der Waals surface area contributed by atoms with E-state index in [9.17, 15) is 5.11 Å². The molecule has 4 rings (SSSR count). The molecule has 37 heavy (non-hydrogen) atoms. The first-order chi connectivity index (χ1) is 17.5. The summed E-state index contributed by atoms with van der Waals surface area (Å²) in [6, 6.07) is 24.0. The minimum Gasteiger partial charge on any atom is -0.497 e. The van der Waals surface area contributed by atoms with Crippen LogP contribution in [0, 0.1) is 0 Å². The molecule has 7 heteroatoms. The number of ether oxygens (including phenoxy) is 2. The Balaban J connectivity index is 0.00000380. The molecular weight excluding hydrogens is 509 g/mol. The second kappa shape index (κ2) is 12.6. The van der Waals surface area contributed by atoms with Crippen LogP contribution in [-0.4, -0.2) is 37.5 Å². The number of aliphatic hydroxyl groups excluding tert-OH is 1. The zero-order chi connectivity index (χ0) is 25.5. The van der Waals surface area contributed by atoms with Crippen molar-refractivity contribution in [1.29, 1.82) is 0 Å². The standard InChI is InChI=1S/C30H33N3O3.Co/c1-5-33-26-17-16-23(35-4)20-25(26)30(3,21-22-12-8-7-9-13-22)28(33)18-19-31-32-29(34)24-14-10-11-15-27(24)36-6-2;/h7-20H,5-6,21H2,1-4H3,(H,32,34);/b28-18-,31-19+;. The Hall–Kier alpha value is -3.55. The number of allylic oxidation sites excluding steroid dienone is 2. The predicted octanol–water partition coefficient (Wildman–Crippen LogP) is 6.31. The molecule has 0 aromatic heterocycles. The van der Waals surface area contributed by atoms with Gasteiger partial charge in [0, 0.05) is 40.1 Å². The molecule has 0 amide bonds. The molecule has 0 saturated carbocycles. The topological polar surface area (TPSA) is 66.7 Å². The summed E-state index contributed by atoms with van der Waals surface area (Å²) in [4.78, 5) is 2.30. The Morgan fingerprint density at radius 2 is 1.76 bits per heavy atom. The van der Waals surface area contributed by atoms with Gasteiger partial charge in [0.15, 0.2) is 0 Å². The Morgan fingerprint density at radius 1 is 1.03 bits per heavy atom. The number of para-hydroxylation sites is 1. The fraction of sp³-hybridized carbons (Fsp3) is 0.267. The molecule has 0 spiro atoms. The number of likely N-dealkylation sites (N-methyl/N-ethyl adjacent to an activating group) is 1. The number of nitrogens with zero attached hydrogens (tertiary/aromatic N) is 3. The third-order valence-corrected chi connectivity index (χ3v) is 6.54. The van der Waals surface area contributed by atoms with Crippen LogP contribution in [0.1, 0.15) is 37.5 Å². The SMILES string of the molecule is CCOc1ccccc1/C(O)=N/N=C/C=C1\N(CC)c2ccc(OC)cc2C1(C)Cc1ccccc1.[Co]. The Labute approximate surface area is 229 Å². The van der Waals surface area contributed by atoms with E-state index in [2.05, 4.69) is 65.3 Å². The van der Waals surface area contributed by atoms with E-state index in [4.69, 9.17) is 9.47 Å². The fourth-order valence-corrected chi connectivity index (χ4v) is 4.87. The van der Waals surface area contributed by atoms with E-state index in [1.165, 1.54) is 11.1 Å². The van der Waals surface area contributed by atoms with E-state index in [0.29, 0.717) is 17.9 Å². The summed E-state index contributed by atoms with van der Waals surface area (Å²) in [6.45, 7) is 7.60. The average Bonchev–Trinajstić information content (AvgIpc) is 3.13. The molecule has 0 bridgehead atoms. The van der Waals surface area contributed by atoms with Gasteiger partial charge in [0.05, 0.1) is 25.5 Å². The summed E-state index contributed by atoms with van der Waals surface area (Å²) in [7, 11) is 1.69. The summed E-state index contributed by atoms with van der Waals surface area (Å²) in [6.07, 6.45) is 4.45. The number of fused-ring (bicyclic) bond motifs is 1. The van der Waals surface area contributed by atoms with Crippen LogP contribution in [0.4, 0.5) is 5.69 Å². The van der Waals surface area contributed by atoms with Crippen LogP contribution in [0.2, 0.25) is 0 Å². The van der Waals surface area contributed by atoms with Crippen LogP contribution < -0.4 is 14.4 Å². The van der Waals surface area contributed by atoms with Gasteiger partial charge in [0.25, 0.3) is 0 Å². The van der Waals surface area contributed by atoms with E-state index in [1.54, 1.807) is 25.5 Å². The second-order valence-electron chi connectivity index (χ2n) is 8.79. The molecule has 0 aliphatic carbocycles. The maximum Gasteiger partial charge on any atom is 0.242 e. The molecule has 1 heterocycles. The zero-order valence-electron chi connectivity index (χ0n) is 21.6. The first-order valence-corrected chi connectivity index (χ1v) is 12.2. The number of benzene rings is 3. The zero-order valence-corrected chi connectivity index (χ0v) is 22.7. The first kappa shape index (κ1) is 28.0. The van der Waals surface area contributed by atoms with Crippen molar-refractivity contribution in [1.82, 2.24) is 0 Å². The van der Waals surface area contributed by atoms with Crippen LogP contribution in [0.15, 0.2) is 94.8 Å². The molecule has 0 fully saturated rings. The Morgan fingerprint density at radius 3 is 2.46 bits per heavy atom. The van der Waals surface area contributed by atoms with Gasteiger partial charge in [-0.05, 0) is 74.7 Å². The maximum absolute atomic E-state index is 10.5. The van der Waals surface area contributed by atoms with Crippen molar-refractivity contribution >= 4 is 17.8 Å². The van der Waals surface area contributed by atoms with Crippen molar-refractivity contribution in [2.24, 2.45) is 10.2 Å². The van der Waals surface area contributed by atoms with E-state index < -0.39 is 0 Å². The largest absolute Gasteiger partial charge is 0.497 e. The van der Waals surface area contributed by atoms with Crippen molar-refractivity contribution in [3.8, 4) is 11.5 Å². The third kappa shape index (κ3) is 5.89. The number of methoxy groups -OCH3 is 1. The number of rotatable bonds is 9. The minimum atomic E-state index is -0.305. The van der Waals surface area contributed by atoms with E-state index in [1.807, 2.05) is 37.3 Å². The van der Waals surface area contributed by atoms with Crippen LogP contribution in [0.5, 0.6) is 11.5 Å². The summed E-state index contributed by atoms with van der Waals surface area (Å²) in [5, 5.41) is 18.7. The van der Waals surface area contributed by atoms with Gasteiger partial charge in [-0.1, -0.05) is 42.5 Å². The quantitative estimate of drug-likeness (QED) is 0.196. The van der Waals surface area contributed by atoms with Crippen molar-refractivity contribution < 1.29 is 31.4 Å². The molecule has 1 radical (unpaired) electrons. The van der Waals surface area contributed by atoms with Gasteiger partial charge in [-0.2, -0.15) is 5.10 Å². The smallest absolute Gasteiger partial charge is 0.242 e. The normalized spacial score (nSPS) is 18.1. The van der Waals surface area contributed by atoms with Gasteiger partial charge in [-0.15, -0.1) is 5.10 Å². The second-order valence-corrected chi connectivity index (χ2v) is 8.79. The van der Waals surface area contributed by atoms with E-state index >= 15 is 0 Å². The van der Waals surface area contributed by atoms with Gasteiger partial charge < -0.3 is 19.5 Å².